The molecule has 0 aromatic heterocycles. The summed E-state index contributed by atoms with van der Waals surface area (Å²) in [5, 5.41) is 5.96. The van der Waals surface area contributed by atoms with E-state index in [4.69, 9.17) is 0 Å². The Hall–Kier alpha value is -1.85. The third kappa shape index (κ3) is 1.38. The first-order chi connectivity index (χ1) is 7.45. The number of anilines is 1. The van der Waals surface area contributed by atoms with Gasteiger partial charge in [-0.3, -0.25) is 10.4 Å². The Labute approximate surface area is 87.4 Å². The van der Waals surface area contributed by atoms with Crippen LogP contribution in [0.2, 0.25) is 0 Å². The van der Waals surface area contributed by atoms with Crippen LogP contribution in [0.1, 0.15) is 0 Å². The maximum absolute atomic E-state index is 3.97. The average molecular weight is 201 g/mol. The number of rotatable bonds is 1. The zero-order valence-electron chi connectivity index (χ0n) is 8.01. The van der Waals surface area contributed by atoms with Crippen LogP contribution < -0.4 is 21.4 Å². The van der Waals surface area contributed by atoms with Crippen LogP contribution >= 0.6 is 0 Å². The van der Waals surface area contributed by atoms with E-state index >= 15 is 0 Å². The lowest BCUT2D eigenvalue weighted by molar-refractivity contribution is 0.498. The summed E-state index contributed by atoms with van der Waals surface area (Å²) < 4.78 is 0. The molecule has 2 aliphatic rings. The van der Waals surface area contributed by atoms with Crippen molar-refractivity contribution >= 4 is 11.9 Å². The van der Waals surface area contributed by atoms with E-state index in [0.29, 0.717) is 0 Å². The number of hydrazone groups is 1. The minimum Gasteiger partial charge on any atom is -0.286 e. The number of nitrogens with zero attached hydrogens (tertiary/aromatic N) is 2. The number of allylic oxidation sites excluding steroid dienone is 1. The first kappa shape index (κ1) is 8.46. The molecule has 2 aliphatic heterocycles. The molecule has 76 valence electrons. The smallest absolute Gasteiger partial charge is 0.150 e. The molecule has 3 N–H and O–H groups in total. The number of hydrazine groups is 2. The molecule has 1 aromatic rings. The van der Waals surface area contributed by atoms with E-state index in [0.717, 1.165) is 11.4 Å². The Bertz CT molecular complexity index is 411. The van der Waals surface area contributed by atoms with Crippen molar-refractivity contribution < 1.29 is 0 Å². The highest BCUT2D eigenvalue weighted by atomic mass is 15.8. The fraction of sp³-hybridized carbons (Fsp3) is 0.100. The number of nitrogens with one attached hydrogen (secondary N) is 3. The molecule has 5 nitrogen and oxygen atoms in total. The molecule has 1 aromatic carbocycles. The predicted octanol–water partition coefficient (Wildman–Crippen LogP) is 0.315. The molecule has 0 aliphatic carbocycles. The number of benzene rings is 1. The number of hydrogen-bond donors (Lipinski definition) is 3. The van der Waals surface area contributed by atoms with Crippen molar-refractivity contribution in [2.45, 2.75) is 6.17 Å². The largest absolute Gasteiger partial charge is 0.286 e. The lowest BCUT2D eigenvalue weighted by atomic mass is 10.2. The van der Waals surface area contributed by atoms with E-state index in [1.165, 1.54) is 0 Å². The van der Waals surface area contributed by atoms with Crippen molar-refractivity contribution in [2.75, 3.05) is 5.01 Å². The van der Waals surface area contributed by atoms with Gasteiger partial charge in [-0.15, -0.1) is 0 Å². The number of hydrogen-bond acceptors (Lipinski definition) is 5. The quantitative estimate of drug-likeness (QED) is 0.612. The van der Waals surface area contributed by atoms with Crippen molar-refractivity contribution in [3.63, 3.8) is 0 Å². The van der Waals surface area contributed by atoms with E-state index in [1.54, 1.807) is 6.21 Å². The highest BCUT2D eigenvalue weighted by molar-refractivity contribution is 5.75. The van der Waals surface area contributed by atoms with Crippen LogP contribution in [0, 0.1) is 0 Å². The molecule has 5 heteroatoms. The lowest BCUT2D eigenvalue weighted by Gasteiger charge is -2.20. The van der Waals surface area contributed by atoms with Gasteiger partial charge in [0.15, 0.2) is 0 Å². The maximum Gasteiger partial charge on any atom is 0.150 e. The molecule has 1 fully saturated rings. The molecule has 2 heterocycles. The molecule has 0 radical (unpaired) electrons. The van der Waals surface area contributed by atoms with Gasteiger partial charge in [-0.25, -0.2) is 5.43 Å². The van der Waals surface area contributed by atoms with Crippen LogP contribution in [0.4, 0.5) is 5.69 Å². The minimum absolute atomic E-state index is 0.0372. The fourth-order valence-electron chi connectivity index (χ4n) is 1.69. The Morgan fingerprint density at radius 2 is 2.07 bits per heavy atom. The molecule has 1 saturated heterocycles. The molecule has 0 bridgehead atoms. The molecule has 0 amide bonds. The Kier molecular flexibility index (Phi) is 1.90. The van der Waals surface area contributed by atoms with E-state index in [9.17, 15) is 0 Å². The van der Waals surface area contributed by atoms with Gasteiger partial charge in [0.25, 0.3) is 0 Å². The van der Waals surface area contributed by atoms with Gasteiger partial charge in [0.1, 0.15) is 6.17 Å². The van der Waals surface area contributed by atoms with Crippen LogP contribution in [0.15, 0.2) is 47.2 Å². The summed E-state index contributed by atoms with van der Waals surface area (Å²) >= 11 is 0. The molecule has 0 spiro atoms. The molecule has 3 rings (SSSR count). The summed E-state index contributed by atoms with van der Waals surface area (Å²) in [5.41, 5.74) is 11.3. The fourth-order valence-corrected chi connectivity index (χ4v) is 1.69. The molecule has 15 heavy (non-hydrogen) atoms. The van der Waals surface area contributed by atoms with Crippen molar-refractivity contribution in [2.24, 2.45) is 5.10 Å². The summed E-state index contributed by atoms with van der Waals surface area (Å²) in [6, 6.07) is 10.1. The van der Waals surface area contributed by atoms with Crippen LogP contribution in [0.25, 0.3) is 0 Å². The van der Waals surface area contributed by atoms with E-state index in [2.05, 4.69) is 21.5 Å². The standard InChI is InChI=1S/C10H11N5/c1-2-4-8(5-3-1)15-9-6-7-11-12-10(9)13-14-15/h1-7,10,12-14H. The van der Waals surface area contributed by atoms with Crippen molar-refractivity contribution in [1.29, 1.82) is 0 Å². The molecule has 1 atom stereocenters. The summed E-state index contributed by atoms with van der Waals surface area (Å²) in [6.45, 7) is 0. The van der Waals surface area contributed by atoms with Gasteiger partial charge in [0.05, 0.1) is 11.4 Å². The second-order valence-electron chi connectivity index (χ2n) is 3.36. The van der Waals surface area contributed by atoms with Gasteiger partial charge in [-0.1, -0.05) is 18.2 Å². The minimum atomic E-state index is 0.0372. The first-order valence-corrected chi connectivity index (χ1v) is 4.80. The van der Waals surface area contributed by atoms with E-state index in [1.807, 2.05) is 41.4 Å². The predicted molar refractivity (Wildman–Crippen MR) is 58.7 cm³/mol. The van der Waals surface area contributed by atoms with Crippen LogP contribution in [0.3, 0.4) is 0 Å². The Morgan fingerprint density at radius 3 is 2.93 bits per heavy atom. The highest BCUT2D eigenvalue weighted by Gasteiger charge is 2.28. The highest BCUT2D eigenvalue weighted by Crippen LogP contribution is 2.21. The topological polar surface area (TPSA) is 51.7 Å². The maximum atomic E-state index is 3.97. The molecular formula is C10H11N5. The van der Waals surface area contributed by atoms with E-state index < -0.39 is 0 Å². The molecular weight excluding hydrogens is 190 g/mol. The van der Waals surface area contributed by atoms with Crippen molar-refractivity contribution in [1.82, 2.24) is 16.4 Å². The summed E-state index contributed by atoms with van der Waals surface area (Å²) in [7, 11) is 0. The average Bonchev–Trinajstić information content (AvgIpc) is 2.74. The monoisotopic (exact) mass is 201 g/mol. The SMILES string of the molecule is C1=NNC2NNN(c3ccccc3)C2=C1. The van der Waals surface area contributed by atoms with Crippen molar-refractivity contribution in [3.05, 3.63) is 42.1 Å². The lowest BCUT2D eigenvalue weighted by Crippen LogP contribution is -2.40. The summed E-state index contributed by atoms with van der Waals surface area (Å²) in [6.07, 6.45) is 3.76. The molecule has 0 saturated carbocycles. The van der Waals surface area contributed by atoms with Gasteiger partial charge in [0.2, 0.25) is 0 Å². The first-order valence-electron chi connectivity index (χ1n) is 4.80. The Morgan fingerprint density at radius 1 is 1.20 bits per heavy atom. The zero-order valence-corrected chi connectivity index (χ0v) is 8.01. The van der Waals surface area contributed by atoms with Gasteiger partial charge in [-0.2, -0.15) is 10.6 Å². The second-order valence-corrected chi connectivity index (χ2v) is 3.36. The normalized spacial score (nSPS) is 23.3. The number of para-hydroxylation sites is 1. The van der Waals surface area contributed by atoms with Crippen LogP contribution in [0.5, 0.6) is 0 Å². The van der Waals surface area contributed by atoms with Gasteiger partial charge in [0, 0.05) is 6.21 Å². The van der Waals surface area contributed by atoms with Crippen LogP contribution in [-0.4, -0.2) is 12.4 Å². The third-order valence-corrected chi connectivity index (χ3v) is 2.41. The van der Waals surface area contributed by atoms with Gasteiger partial charge >= 0.3 is 0 Å². The van der Waals surface area contributed by atoms with Gasteiger partial charge in [-0.05, 0) is 18.2 Å². The van der Waals surface area contributed by atoms with Crippen LogP contribution in [-0.2, 0) is 0 Å². The number of fused-ring (bicyclic) bond motifs is 1. The molecule has 1 unspecified atom stereocenters. The Balaban J connectivity index is 1.95. The van der Waals surface area contributed by atoms with Crippen molar-refractivity contribution in [3.8, 4) is 0 Å². The van der Waals surface area contributed by atoms with Gasteiger partial charge < -0.3 is 0 Å². The summed E-state index contributed by atoms with van der Waals surface area (Å²) in [5.74, 6) is 0. The van der Waals surface area contributed by atoms with E-state index in [-0.39, 0.29) is 6.17 Å². The summed E-state index contributed by atoms with van der Waals surface area (Å²) in [4.78, 5) is 0. The zero-order chi connectivity index (χ0) is 10.1. The second kappa shape index (κ2) is 3.38. The third-order valence-electron chi connectivity index (χ3n) is 2.41.